The zero-order chi connectivity index (χ0) is 15.7. The van der Waals surface area contributed by atoms with Crippen molar-refractivity contribution in [2.45, 2.75) is 70.2 Å². The highest BCUT2D eigenvalue weighted by atomic mass is 17.1. The van der Waals surface area contributed by atoms with Crippen molar-refractivity contribution in [1.82, 2.24) is 0 Å². The van der Waals surface area contributed by atoms with Gasteiger partial charge < -0.3 is 14.2 Å². The molecule has 7 unspecified atom stereocenters. The van der Waals surface area contributed by atoms with E-state index in [9.17, 15) is 5.26 Å². The lowest BCUT2D eigenvalue weighted by atomic mass is 9.61. The van der Waals surface area contributed by atoms with Gasteiger partial charge in [0.15, 0.2) is 18.2 Å². The number of ether oxygens (including phenoxy) is 3. The van der Waals surface area contributed by atoms with E-state index < -0.39 is 18.2 Å². The Morgan fingerprint density at radius 1 is 1.23 bits per heavy atom. The maximum absolute atomic E-state index is 9.84. The molecule has 0 radical (unpaired) electrons. The van der Waals surface area contributed by atoms with Gasteiger partial charge in [0.25, 0.3) is 0 Å². The van der Waals surface area contributed by atoms with Crippen molar-refractivity contribution in [2.24, 2.45) is 17.8 Å². The molecule has 0 spiro atoms. The lowest BCUT2D eigenvalue weighted by Gasteiger charge is -2.56. The maximum Gasteiger partial charge on any atom is 0.193 e. The van der Waals surface area contributed by atoms with Crippen LogP contribution in [0.5, 0.6) is 0 Å². The summed E-state index contributed by atoms with van der Waals surface area (Å²) in [5.41, 5.74) is -0.779. The van der Waals surface area contributed by atoms with Crippen molar-refractivity contribution < 1.29 is 24.4 Å². The molecule has 3 rings (SSSR count). The van der Waals surface area contributed by atoms with Gasteiger partial charge in [0.05, 0.1) is 6.10 Å². The molecule has 2 heterocycles. The molecule has 5 heteroatoms. The third kappa shape index (κ3) is 2.47. The second-order valence-electron chi connectivity index (χ2n) is 6.91. The lowest BCUT2D eigenvalue weighted by molar-refractivity contribution is -0.456. The number of hydrogen-bond donors (Lipinski definition) is 1. The highest BCUT2D eigenvalue weighted by Gasteiger charge is 2.63. The second-order valence-corrected chi connectivity index (χ2v) is 6.91. The van der Waals surface area contributed by atoms with Crippen LogP contribution in [0.4, 0.5) is 0 Å². The highest BCUT2D eigenvalue weighted by Crippen LogP contribution is 2.54. The minimum Gasteiger partial charge on any atom is -0.346 e. The average Bonchev–Trinajstić information content (AvgIpc) is 2.67. The summed E-state index contributed by atoms with van der Waals surface area (Å²) in [5, 5.41) is 9.84. The minimum absolute atomic E-state index is 0.0740. The fraction of sp³-hybridized carbons (Fsp3) is 0.882. The second kappa shape index (κ2) is 6.46. The first-order valence-corrected chi connectivity index (χ1v) is 8.32. The van der Waals surface area contributed by atoms with Gasteiger partial charge >= 0.3 is 0 Å². The van der Waals surface area contributed by atoms with Gasteiger partial charge in [-0.25, -0.2) is 4.89 Å². The van der Waals surface area contributed by atoms with Gasteiger partial charge in [-0.2, -0.15) is 0 Å². The molecule has 0 aromatic heterocycles. The van der Waals surface area contributed by atoms with E-state index in [0.29, 0.717) is 0 Å². The summed E-state index contributed by atoms with van der Waals surface area (Å²) in [7, 11) is 0. The first-order valence-electron chi connectivity index (χ1n) is 8.32. The highest BCUT2D eigenvalue weighted by molar-refractivity contribution is 5.05. The van der Waals surface area contributed by atoms with Gasteiger partial charge in [0.2, 0.25) is 0 Å². The van der Waals surface area contributed by atoms with Crippen LogP contribution in [-0.2, 0) is 19.1 Å². The number of terminal acetylenes is 1. The topological polar surface area (TPSA) is 57.2 Å². The van der Waals surface area contributed by atoms with Crippen LogP contribution >= 0.6 is 0 Å². The predicted molar refractivity (Wildman–Crippen MR) is 79.7 cm³/mol. The molecular formula is C17H26O5. The molecule has 0 aromatic rings. The lowest BCUT2D eigenvalue weighted by Crippen LogP contribution is -2.66. The van der Waals surface area contributed by atoms with E-state index in [4.69, 9.17) is 25.5 Å². The number of hydrogen-bond acceptors (Lipinski definition) is 5. The van der Waals surface area contributed by atoms with Crippen molar-refractivity contribution in [3.05, 3.63) is 0 Å². The van der Waals surface area contributed by atoms with Gasteiger partial charge in [-0.1, -0.05) is 19.3 Å². The van der Waals surface area contributed by atoms with E-state index in [1.165, 1.54) is 0 Å². The van der Waals surface area contributed by atoms with Crippen LogP contribution in [0.1, 0.15) is 46.0 Å². The molecule has 2 saturated heterocycles. The molecule has 1 N–H and O–H groups in total. The van der Waals surface area contributed by atoms with Crippen molar-refractivity contribution in [2.75, 3.05) is 6.61 Å². The summed E-state index contributed by atoms with van der Waals surface area (Å²) < 4.78 is 17.8. The molecule has 0 bridgehead atoms. The van der Waals surface area contributed by atoms with Crippen LogP contribution in [0.25, 0.3) is 0 Å². The van der Waals surface area contributed by atoms with Gasteiger partial charge in [0.1, 0.15) is 6.61 Å². The molecule has 1 aliphatic carbocycles. The Hall–Kier alpha value is -0.640. The molecule has 0 amide bonds. The van der Waals surface area contributed by atoms with Crippen molar-refractivity contribution in [1.29, 1.82) is 0 Å². The molecule has 3 aliphatic rings. The average molecular weight is 310 g/mol. The van der Waals surface area contributed by atoms with Crippen molar-refractivity contribution >= 4 is 0 Å². The van der Waals surface area contributed by atoms with Crippen molar-refractivity contribution in [3.8, 4) is 12.3 Å². The van der Waals surface area contributed by atoms with Crippen LogP contribution in [0, 0.1) is 30.1 Å². The van der Waals surface area contributed by atoms with Gasteiger partial charge in [0, 0.05) is 11.8 Å². The monoisotopic (exact) mass is 310 g/mol. The molecule has 5 nitrogen and oxygen atoms in total. The number of rotatable bonds is 3. The Labute approximate surface area is 132 Å². The maximum atomic E-state index is 9.84. The minimum atomic E-state index is -0.779. The van der Waals surface area contributed by atoms with E-state index >= 15 is 0 Å². The quantitative estimate of drug-likeness (QED) is 0.493. The molecule has 124 valence electrons. The van der Waals surface area contributed by atoms with Gasteiger partial charge in [-0.05, 0) is 38.5 Å². The van der Waals surface area contributed by atoms with Crippen molar-refractivity contribution in [3.63, 3.8) is 0 Å². The summed E-state index contributed by atoms with van der Waals surface area (Å²) in [6.45, 7) is 4.33. The Morgan fingerprint density at radius 3 is 2.77 bits per heavy atom. The fourth-order valence-electron chi connectivity index (χ4n) is 4.65. The predicted octanol–water partition coefficient (Wildman–Crippen LogP) is 2.80. The van der Waals surface area contributed by atoms with E-state index in [2.05, 4.69) is 12.8 Å². The molecule has 1 saturated carbocycles. The molecular weight excluding hydrogens is 284 g/mol. The fourth-order valence-corrected chi connectivity index (χ4v) is 4.65. The van der Waals surface area contributed by atoms with E-state index in [1.54, 1.807) is 0 Å². The Balaban J connectivity index is 1.93. The van der Waals surface area contributed by atoms with Gasteiger partial charge in [-0.3, -0.25) is 5.26 Å². The molecule has 7 atom stereocenters. The summed E-state index contributed by atoms with van der Waals surface area (Å²) in [6.07, 6.45) is 9.43. The van der Waals surface area contributed by atoms with Crippen LogP contribution < -0.4 is 0 Å². The third-order valence-electron chi connectivity index (χ3n) is 5.74. The van der Waals surface area contributed by atoms with E-state index in [1.807, 2.05) is 6.92 Å². The molecule has 22 heavy (non-hydrogen) atoms. The third-order valence-corrected chi connectivity index (χ3v) is 5.74. The van der Waals surface area contributed by atoms with E-state index in [-0.39, 0.29) is 30.5 Å². The standard InChI is InChI=1S/C17H26O5/c1-4-10-19-15-12(3)14-7-5-6-13-9-8-11(2)20-16(21-15)17(13,14)22-18/h1,11-16,18H,5-10H2,2-3H3. The summed E-state index contributed by atoms with van der Waals surface area (Å²) in [4.78, 5) is 5.16. The molecule has 0 aromatic carbocycles. The summed E-state index contributed by atoms with van der Waals surface area (Å²) in [5.74, 6) is 2.97. The largest absolute Gasteiger partial charge is 0.346 e. The SMILES string of the molecule is C#CCOC1OC2OC(C)CCC3CCCC(C1C)C32OO. The van der Waals surface area contributed by atoms with Crippen LogP contribution in [0.3, 0.4) is 0 Å². The van der Waals surface area contributed by atoms with Gasteiger partial charge in [-0.15, -0.1) is 6.42 Å². The normalized spacial score (nSPS) is 48.1. The first kappa shape index (κ1) is 16.2. The van der Waals surface area contributed by atoms with Crippen LogP contribution in [0.2, 0.25) is 0 Å². The molecule has 2 aliphatic heterocycles. The zero-order valence-electron chi connectivity index (χ0n) is 13.4. The Bertz CT molecular complexity index is 433. The van der Waals surface area contributed by atoms with Crippen LogP contribution in [0.15, 0.2) is 0 Å². The summed E-state index contributed by atoms with van der Waals surface area (Å²) >= 11 is 0. The van der Waals surface area contributed by atoms with E-state index in [0.717, 1.165) is 32.1 Å². The Morgan fingerprint density at radius 2 is 2.05 bits per heavy atom. The zero-order valence-corrected chi connectivity index (χ0v) is 13.4. The summed E-state index contributed by atoms with van der Waals surface area (Å²) in [6, 6.07) is 0. The first-order chi connectivity index (χ1) is 10.6. The molecule has 3 fully saturated rings. The smallest absolute Gasteiger partial charge is 0.193 e. The Kier molecular flexibility index (Phi) is 4.77. The van der Waals surface area contributed by atoms with Crippen LogP contribution in [-0.4, -0.2) is 36.1 Å².